The van der Waals surface area contributed by atoms with E-state index in [2.05, 4.69) is 34.7 Å². The fourth-order valence-electron chi connectivity index (χ4n) is 3.42. The predicted octanol–water partition coefficient (Wildman–Crippen LogP) is 5.33. The Balaban J connectivity index is 2.04. The van der Waals surface area contributed by atoms with Crippen molar-refractivity contribution < 1.29 is 4.74 Å². The van der Waals surface area contributed by atoms with Gasteiger partial charge in [0.05, 0.1) is 19.2 Å². The van der Waals surface area contributed by atoms with Crippen molar-refractivity contribution in [2.45, 2.75) is 6.54 Å². The van der Waals surface area contributed by atoms with Crippen LogP contribution in [0.5, 0.6) is 5.75 Å². The molecule has 0 atom stereocenters. The number of hydrogen-bond acceptors (Lipinski definition) is 2. The van der Waals surface area contributed by atoms with E-state index in [1.165, 1.54) is 0 Å². The summed E-state index contributed by atoms with van der Waals surface area (Å²) in [6, 6.07) is 26.1. The molecule has 0 fully saturated rings. The monoisotopic (exact) mass is 467 g/mol. The van der Waals surface area contributed by atoms with E-state index in [0.29, 0.717) is 12.3 Å². The van der Waals surface area contributed by atoms with Gasteiger partial charge in [-0.1, -0.05) is 66.7 Å². The summed E-state index contributed by atoms with van der Waals surface area (Å²) >= 11 is 2.31. The van der Waals surface area contributed by atoms with E-state index in [0.717, 1.165) is 31.2 Å². The number of para-hydroxylation sites is 1. The van der Waals surface area contributed by atoms with Crippen LogP contribution >= 0.6 is 22.6 Å². The van der Waals surface area contributed by atoms with Gasteiger partial charge in [0, 0.05) is 14.5 Å². The van der Waals surface area contributed by atoms with Gasteiger partial charge < -0.3 is 9.30 Å². The predicted molar refractivity (Wildman–Crippen MR) is 118 cm³/mol. The van der Waals surface area contributed by atoms with Crippen molar-refractivity contribution in [3.05, 3.63) is 98.4 Å². The highest BCUT2D eigenvalue weighted by molar-refractivity contribution is 14.1. The van der Waals surface area contributed by atoms with Gasteiger partial charge in [-0.05, 0) is 45.9 Å². The van der Waals surface area contributed by atoms with Gasteiger partial charge in [0.2, 0.25) is 0 Å². The van der Waals surface area contributed by atoms with Crippen LogP contribution in [0.15, 0.2) is 83.7 Å². The molecule has 4 aromatic rings. The second-order valence-electron chi connectivity index (χ2n) is 6.27. The maximum Gasteiger partial charge on any atom is 0.294 e. The molecule has 0 N–H and O–H groups in total. The summed E-state index contributed by atoms with van der Waals surface area (Å²) < 4.78 is 8.55. The van der Waals surface area contributed by atoms with Crippen molar-refractivity contribution in [2.24, 2.45) is 0 Å². The summed E-state index contributed by atoms with van der Waals surface area (Å²) in [5.74, 6) is 0.380. The third-order valence-electron chi connectivity index (χ3n) is 4.68. The van der Waals surface area contributed by atoms with Crippen molar-refractivity contribution >= 4 is 33.5 Å². The summed E-state index contributed by atoms with van der Waals surface area (Å²) in [5, 5.41) is 1.01. The van der Waals surface area contributed by atoms with Gasteiger partial charge >= 0.3 is 0 Å². The standard InChI is InChI=1S/C23H18INO2/c1-27-22-21(16-9-3-2-4-10-16)18-12-6-8-14-20(18)25(23(22)26)15-17-11-5-7-13-19(17)24/h2-14H,15H2,1H3. The molecule has 0 amide bonds. The minimum atomic E-state index is -0.116. The number of methoxy groups -OCH3 is 1. The first-order valence-electron chi connectivity index (χ1n) is 8.69. The molecule has 0 aliphatic rings. The highest BCUT2D eigenvalue weighted by Gasteiger charge is 2.19. The molecular formula is C23H18INO2. The normalized spacial score (nSPS) is 10.9. The van der Waals surface area contributed by atoms with Gasteiger partial charge in [-0.15, -0.1) is 0 Å². The number of pyridine rings is 1. The SMILES string of the molecule is COc1c(-c2ccccc2)c2ccccc2n(Cc2ccccc2I)c1=O. The zero-order chi connectivity index (χ0) is 18.8. The highest BCUT2D eigenvalue weighted by Crippen LogP contribution is 2.34. The maximum absolute atomic E-state index is 13.4. The largest absolute Gasteiger partial charge is 0.491 e. The Morgan fingerprint density at radius 3 is 2.30 bits per heavy atom. The molecule has 0 aliphatic carbocycles. The Hall–Kier alpha value is -2.60. The topological polar surface area (TPSA) is 31.2 Å². The summed E-state index contributed by atoms with van der Waals surface area (Å²) in [5.41, 5.74) is 3.72. The lowest BCUT2D eigenvalue weighted by molar-refractivity contribution is 0.407. The van der Waals surface area contributed by atoms with Gasteiger partial charge in [0.1, 0.15) is 0 Å². The first kappa shape index (κ1) is 17.8. The number of halogens is 1. The lowest BCUT2D eigenvalue weighted by Gasteiger charge is -2.18. The van der Waals surface area contributed by atoms with Crippen LogP contribution in [0.25, 0.3) is 22.0 Å². The number of rotatable bonds is 4. The van der Waals surface area contributed by atoms with E-state index in [9.17, 15) is 4.79 Å². The van der Waals surface area contributed by atoms with Gasteiger partial charge in [-0.25, -0.2) is 0 Å². The highest BCUT2D eigenvalue weighted by atomic mass is 127. The Morgan fingerprint density at radius 2 is 1.56 bits per heavy atom. The van der Waals surface area contributed by atoms with Crippen LogP contribution in [0.4, 0.5) is 0 Å². The van der Waals surface area contributed by atoms with Gasteiger partial charge in [0.25, 0.3) is 5.56 Å². The van der Waals surface area contributed by atoms with Crippen LogP contribution in [0.2, 0.25) is 0 Å². The molecule has 0 saturated heterocycles. The van der Waals surface area contributed by atoms with Gasteiger partial charge in [0.15, 0.2) is 5.75 Å². The zero-order valence-corrected chi connectivity index (χ0v) is 17.0. The molecule has 0 spiro atoms. The number of hydrogen-bond donors (Lipinski definition) is 0. The van der Waals surface area contributed by atoms with Crippen LogP contribution in [-0.4, -0.2) is 11.7 Å². The minimum absolute atomic E-state index is 0.116. The Morgan fingerprint density at radius 1 is 0.889 bits per heavy atom. The molecule has 0 bridgehead atoms. The van der Waals surface area contributed by atoms with Crippen molar-refractivity contribution in [3.8, 4) is 16.9 Å². The summed E-state index contributed by atoms with van der Waals surface area (Å²) in [6.45, 7) is 0.504. The fourth-order valence-corrected chi connectivity index (χ4v) is 3.97. The lowest BCUT2D eigenvalue weighted by Crippen LogP contribution is -2.23. The number of aromatic nitrogens is 1. The third-order valence-corrected chi connectivity index (χ3v) is 5.74. The molecule has 0 saturated carbocycles. The van der Waals surface area contributed by atoms with Crippen molar-refractivity contribution in [1.82, 2.24) is 4.57 Å². The van der Waals surface area contributed by atoms with Gasteiger partial charge in [-0.2, -0.15) is 0 Å². The zero-order valence-electron chi connectivity index (χ0n) is 14.9. The first-order chi connectivity index (χ1) is 13.2. The van der Waals surface area contributed by atoms with E-state index >= 15 is 0 Å². The molecule has 0 radical (unpaired) electrons. The number of nitrogens with zero attached hydrogens (tertiary/aromatic N) is 1. The van der Waals surface area contributed by atoms with E-state index in [1.54, 1.807) is 11.7 Å². The molecule has 3 aromatic carbocycles. The van der Waals surface area contributed by atoms with Gasteiger partial charge in [-0.3, -0.25) is 4.79 Å². The third kappa shape index (κ3) is 3.25. The maximum atomic E-state index is 13.4. The molecule has 4 rings (SSSR count). The first-order valence-corrected chi connectivity index (χ1v) is 9.77. The summed E-state index contributed by atoms with van der Waals surface area (Å²) in [4.78, 5) is 13.4. The fraction of sp³-hybridized carbons (Fsp3) is 0.0870. The summed E-state index contributed by atoms with van der Waals surface area (Å²) in [7, 11) is 1.56. The second-order valence-corrected chi connectivity index (χ2v) is 7.44. The Kier molecular flexibility index (Phi) is 4.99. The molecule has 4 heteroatoms. The van der Waals surface area contributed by atoms with Crippen molar-refractivity contribution in [2.75, 3.05) is 7.11 Å². The molecule has 3 nitrogen and oxygen atoms in total. The molecule has 1 heterocycles. The van der Waals surface area contributed by atoms with E-state index < -0.39 is 0 Å². The quantitative estimate of drug-likeness (QED) is 0.380. The smallest absolute Gasteiger partial charge is 0.294 e. The van der Waals surface area contributed by atoms with Crippen LogP contribution in [0.1, 0.15) is 5.56 Å². The lowest BCUT2D eigenvalue weighted by atomic mass is 9.99. The Bertz CT molecular complexity index is 1170. The molecule has 27 heavy (non-hydrogen) atoms. The van der Waals surface area contributed by atoms with E-state index in [4.69, 9.17) is 4.74 Å². The average Bonchev–Trinajstić information content (AvgIpc) is 2.71. The minimum Gasteiger partial charge on any atom is -0.491 e. The molecule has 1 aromatic heterocycles. The number of ether oxygens (including phenoxy) is 1. The van der Waals surface area contributed by atoms with Crippen LogP contribution in [0, 0.1) is 3.57 Å². The molecule has 0 unspecified atom stereocenters. The number of benzene rings is 3. The summed E-state index contributed by atoms with van der Waals surface area (Å²) in [6.07, 6.45) is 0. The van der Waals surface area contributed by atoms with Crippen LogP contribution in [0.3, 0.4) is 0 Å². The average molecular weight is 467 g/mol. The second kappa shape index (κ2) is 7.56. The van der Waals surface area contributed by atoms with E-state index in [-0.39, 0.29) is 5.56 Å². The molecule has 0 aliphatic heterocycles. The van der Waals surface area contributed by atoms with Crippen molar-refractivity contribution in [3.63, 3.8) is 0 Å². The van der Waals surface area contributed by atoms with E-state index in [1.807, 2.05) is 66.7 Å². The van der Waals surface area contributed by atoms with Crippen molar-refractivity contribution in [1.29, 1.82) is 0 Å². The molecular weight excluding hydrogens is 449 g/mol. The van der Waals surface area contributed by atoms with Crippen LogP contribution < -0.4 is 10.3 Å². The van der Waals surface area contributed by atoms with Crippen LogP contribution in [-0.2, 0) is 6.54 Å². The number of fused-ring (bicyclic) bond motifs is 1. The Labute approximate surface area is 171 Å². The molecule has 134 valence electrons.